The Morgan fingerprint density at radius 2 is 2.36 bits per heavy atom. The minimum atomic E-state index is 0.663. The van der Waals surface area contributed by atoms with Crippen LogP contribution in [0.2, 0.25) is 0 Å². The van der Waals surface area contributed by atoms with Crippen molar-refractivity contribution >= 4 is 31.9 Å². The number of nitrogens with zero attached hydrogens (tertiary/aromatic N) is 1. The fraction of sp³-hybridized carbons (Fsp3) is 0.286. The van der Waals surface area contributed by atoms with Gasteiger partial charge in [-0.2, -0.15) is 0 Å². The number of aromatic nitrogens is 1. The second-order valence-corrected chi connectivity index (χ2v) is 3.33. The Balaban J connectivity index is 3.13. The largest absolute Gasteiger partial charge is 0.481 e. The van der Waals surface area contributed by atoms with Gasteiger partial charge in [-0.25, -0.2) is 4.98 Å². The normalized spacial score (nSPS) is 9.73. The van der Waals surface area contributed by atoms with Gasteiger partial charge in [0, 0.05) is 21.6 Å². The summed E-state index contributed by atoms with van der Waals surface area (Å²) in [5.74, 6) is 0.663. The number of hydrogen-bond donors (Lipinski definition) is 0. The van der Waals surface area contributed by atoms with Crippen LogP contribution in [0, 0.1) is 0 Å². The number of alkyl halides is 1. The molecule has 0 saturated heterocycles. The summed E-state index contributed by atoms with van der Waals surface area (Å²) in [5, 5.41) is 0.741. The average molecular weight is 281 g/mol. The Hall–Kier alpha value is -0.0900. The van der Waals surface area contributed by atoms with E-state index in [4.69, 9.17) is 4.74 Å². The molecule has 0 saturated carbocycles. The predicted molar refractivity (Wildman–Crippen MR) is 51.1 cm³/mol. The van der Waals surface area contributed by atoms with E-state index in [-0.39, 0.29) is 0 Å². The molecular formula is C7H7Br2NO. The van der Waals surface area contributed by atoms with Crippen molar-refractivity contribution in [2.75, 3.05) is 7.11 Å². The molecule has 0 bridgehead atoms. The van der Waals surface area contributed by atoms with Crippen LogP contribution in [0.5, 0.6) is 5.88 Å². The van der Waals surface area contributed by atoms with Gasteiger partial charge in [-0.15, -0.1) is 0 Å². The molecule has 1 aromatic rings. The van der Waals surface area contributed by atoms with Gasteiger partial charge in [0.25, 0.3) is 0 Å². The van der Waals surface area contributed by atoms with Crippen LogP contribution in [0.25, 0.3) is 0 Å². The smallest absolute Gasteiger partial charge is 0.218 e. The second-order valence-electron chi connectivity index (χ2n) is 1.91. The van der Waals surface area contributed by atoms with Gasteiger partial charge in [-0.3, -0.25) is 0 Å². The van der Waals surface area contributed by atoms with E-state index < -0.39 is 0 Å². The van der Waals surface area contributed by atoms with Gasteiger partial charge in [0.1, 0.15) is 0 Å². The Morgan fingerprint density at radius 1 is 1.64 bits per heavy atom. The maximum Gasteiger partial charge on any atom is 0.218 e. The van der Waals surface area contributed by atoms with Crippen molar-refractivity contribution < 1.29 is 4.74 Å². The van der Waals surface area contributed by atoms with Gasteiger partial charge >= 0.3 is 0 Å². The zero-order valence-corrected chi connectivity index (χ0v) is 9.15. The molecule has 1 aromatic heterocycles. The van der Waals surface area contributed by atoms with Crippen LogP contribution in [-0.2, 0) is 5.33 Å². The third-order valence-electron chi connectivity index (χ3n) is 1.29. The summed E-state index contributed by atoms with van der Waals surface area (Å²) in [7, 11) is 1.61. The summed E-state index contributed by atoms with van der Waals surface area (Å²) in [6.45, 7) is 0. The standard InChI is InChI=1S/C7H7Br2NO/c1-11-7-5(4-8)6(9)2-3-10-7/h2-3H,4H2,1H3. The van der Waals surface area contributed by atoms with Gasteiger partial charge in [-0.1, -0.05) is 31.9 Å². The molecule has 0 aliphatic rings. The zero-order chi connectivity index (χ0) is 8.27. The molecule has 2 nitrogen and oxygen atoms in total. The fourth-order valence-electron chi connectivity index (χ4n) is 0.748. The summed E-state index contributed by atoms with van der Waals surface area (Å²) in [4.78, 5) is 4.05. The summed E-state index contributed by atoms with van der Waals surface area (Å²) in [5.41, 5.74) is 1.04. The minimum Gasteiger partial charge on any atom is -0.481 e. The van der Waals surface area contributed by atoms with Crippen LogP contribution < -0.4 is 4.74 Å². The Bertz CT molecular complexity index is 252. The molecule has 0 atom stereocenters. The summed E-state index contributed by atoms with van der Waals surface area (Å²) < 4.78 is 6.06. The lowest BCUT2D eigenvalue weighted by molar-refractivity contribution is 0.394. The second kappa shape index (κ2) is 4.07. The van der Waals surface area contributed by atoms with Crippen molar-refractivity contribution in [3.63, 3.8) is 0 Å². The van der Waals surface area contributed by atoms with Crippen LogP contribution >= 0.6 is 31.9 Å². The first-order valence-corrected chi connectivity index (χ1v) is 4.94. The van der Waals surface area contributed by atoms with Crippen LogP contribution in [0.3, 0.4) is 0 Å². The van der Waals surface area contributed by atoms with E-state index in [1.807, 2.05) is 6.07 Å². The molecule has 0 fully saturated rings. The van der Waals surface area contributed by atoms with Gasteiger partial charge < -0.3 is 4.74 Å². The summed E-state index contributed by atoms with van der Waals surface area (Å²) >= 11 is 6.75. The first-order chi connectivity index (χ1) is 5.29. The molecule has 1 heterocycles. The highest BCUT2D eigenvalue weighted by Gasteiger charge is 2.05. The summed E-state index contributed by atoms with van der Waals surface area (Å²) in [6, 6.07) is 1.89. The van der Waals surface area contributed by atoms with E-state index in [1.54, 1.807) is 13.3 Å². The van der Waals surface area contributed by atoms with Crippen molar-refractivity contribution in [1.82, 2.24) is 4.98 Å². The SMILES string of the molecule is COc1nccc(Br)c1CBr. The van der Waals surface area contributed by atoms with E-state index >= 15 is 0 Å². The molecule has 0 unspecified atom stereocenters. The molecule has 0 spiro atoms. The molecule has 0 aliphatic carbocycles. The Labute approximate surface area is 82.2 Å². The molecule has 0 N–H and O–H groups in total. The Kier molecular flexibility index (Phi) is 3.33. The molecule has 11 heavy (non-hydrogen) atoms. The molecular weight excluding hydrogens is 274 g/mol. The van der Waals surface area contributed by atoms with Crippen LogP contribution in [0.1, 0.15) is 5.56 Å². The highest BCUT2D eigenvalue weighted by Crippen LogP contribution is 2.25. The van der Waals surface area contributed by atoms with Crippen molar-refractivity contribution in [1.29, 1.82) is 0 Å². The van der Waals surface area contributed by atoms with Crippen molar-refractivity contribution in [3.05, 3.63) is 22.3 Å². The van der Waals surface area contributed by atoms with Gasteiger partial charge in [0.15, 0.2) is 0 Å². The van der Waals surface area contributed by atoms with Gasteiger partial charge in [0.05, 0.1) is 7.11 Å². The third-order valence-corrected chi connectivity index (χ3v) is 2.59. The number of pyridine rings is 1. The van der Waals surface area contributed by atoms with Crippen LogP contribution in [0.15, 0.2) is 16.7 Å². The number of ether oxygens (including phenoxy) is 1. The van der Waals surface area contributed by atoms with Crippen LogP contribution in [-0.4, -0.2) is 12.1 Å². The topological polar surface area (TPSA) is 22.1 Å². The zero-order valence-electron chi connectivity index (χ0n) is 5.97. The maximum absolute atomic E-state index is 5.05. The number of rotatable bonds is 2. The van der Waals surface area contributed by atoms with Crippen LogP contribution in [0.4, 0.5) is 0 Å². The fourth-order valence-corrected chi connectivity index (χ4v) is 2.09. The van der Waals surface area contributed by atoms with E-state index in [0.717, 1.165) is 15.4 Å². The van der Waals surface area contributed by atoms with E-state index in [1.165, 1.54) is 0 Å². The van der Waals surface area contributed by atoms with E-state index in [0.29, 0.717) is 5.88 Å². The first kappa shape index (κ1) is 9.00. The molecule has 1 rings (SSSR count). The highest BCUT2D eigenvalue weighted by molar-refractivity contribution is 9.10. The highest BCUT2D eigenvalue weighted by atomic mass is 79.9. The van der Waals surface area contributed by atoms with Crippen molar-refractivity contribution in [3.8, 4) is 5.88 Å². The van der Waals surface area contributed by atoms with Gasteiger partial charge in [0.2, 0.25) is 5.88 Å². The van der Waals surface area contributed by atoms with E-state index in [9.17, 15) is 0 Å². The molecule has 0 radical (unpaired) electrons. The third kappa shape index (κ3) is 1.93. The predicted octanol–water partition coefficient (Wildman–Crippen LogP) is 2.75. The Morgan fingerprint density at radius 3 is 2.82 bits per heavy atom. The molecule has 0 amide bonds. The monoisotopic (exact) mass is 279 g/mol. The lowest BCUT2D eigenvalue weighted by Gasteiger charge is -2.04. The lowest BCUT2D eigenvalue weighted by atomic mass is 10.3. The lowest BCUT2D eigenvalue weighted by Crippen LogP contribution is -1.92. The van der Waals surface area contributed by atoms with Crippen molar-refractivity contribution in [2.24, 2.45) is 0 Å². The maximum atomic E-state index is 5.05. The molecule has 60 valence electrons. The first-order valence-electron chi connectivity index (χ1n) is 3.03. The summed E-state index contributed by atoms with van der Waals surface area (Å²) in [6.07, 6.45) is 1.70. The minimum absolute atomic E-state index is 0.663. The molecule has 0 aromatic carbocycles. The molecule has 0 aliphatic heterocycles. The van der Waals surface area contributed by atoms with Crippen molar-refractivity contribution in [2.45, 2.75) is 5.33 Å². The average Bonchev–Trinajstić information content (AvgIpc) is 2.04. The van der Waals surface area contributed by atoms with E-state index in [2.05, 4.69) is 36.8 Å². The number of hydrogen-bond acceptors (Lipinski definition) is 2. The molecule has 4 heteroatoms. The number of methoxy groups -OCH3 is 1. The number of halogens is 2. The quantitative estimate of drug-likeness (QED) is 0.777. The van der Waals surface area contributed by atoms with Gasteiger partial charge in [-0.05, 0) is 6.07 Å².